The number of rotatable bonds is 4. The zero-order valence-corrected chi connectivity index (χ0v) is 13.3. The van der Waals surface area contributed by atoms with Gasteiger partial charge in [-0.05, 0) is 24.3 Å². The van der Waals surface area contributed by atoms with Crippen molar-refractivity contribution in [1.29, 1.82) is 0 Å². The molecule has 0 radical (unpaired) electrons. The van der Waals surface area contributed by atoms with Gasteiger partial charge in [-0.1, -0.05) is 29.3 Å². The predicted octanol–water partition coefficient (Wildman–Crippen LogP) is 3.78. The summed E-state index contributed by atoms with van der Waals surface area (Å²) in [7, 11) is 0. The molecule has 2 N–H and O–H groups in total. The minimum absolute atomic E-state index is 0.0207. The standard InChI is InChI=1S/C15H9Cl2F3N2O2/c16-7-2-1-3-8(17)12(7)15(24)21-6-11(23)22-10-5-4-9(18)13(19)14(10)20/h1-5H,6H2,(H,21,24)(H,22,23). The van der Waals surface area contributed by atoms with Crippen LogP contribution in [-0.2, 0) is 4.79 Å². The van der Waals surface area contributed by atoms with Crippen LogP contribution in [0.5, 0.6) is 0 Å². The van der Waals surface area contributed by atoms with Crippen LogP contribution in [0.25, 0.3) is 0 Å². The summed E-state index contributed by atoms with van der Waals surface area (Å²) >= 11 is 11.7. The molecule has 0 aromatic heterocycles. The van der Waals surface area contributed by atoms with Gasteiger partial charge in [0.1, 0.15) is 0 Å². The molecule has 126 valence electrons. The molecule has 0 saturated heterocycles. The average molecular weight is 377 g/mol. The number of carbonyl (C=O) groups is 2. The summed E-state index contributed by atoms with van der Waals surface area (Å²) in [6.07, 6.45) is 0. The van der Waals surface area contributed by atoms with Gasteiger partial charge in [-0.3, -0.25) is 9.59 Å². The summed E-state index contributed by atoms with van der Waals surface area (Å²) in [5.41, 5.74) is -0.573. The fourth-order valence-electron chi connectivity index (χ4n) is 1.78. The molecule has 4 nitrogen and oxygen atoms in total. The molecule has 2 aromatic rings. The van der Waals surface area contributed by atoms with Crippen molar-refractivity contribution < 1.29 is 22.8 Å². The van der Waals surface area contributed by atoms with Crippen LogP contribution in [0.1, 0.15) is 10.4 Å². The van der Waals surface area contributed by atoms with Gasteiger partial charge in [0.2, 0.25) is 5.91 Å². The van der Waals surface area contributed by atoms with Gasteiger partial charge in [0.25, 0.3) is 5.91 Å². The number of hydrogen-bond acceptors (Lipinski definition) is 2. The van der Waals surface area contributed by atoms with Crippen molar-refractivity contribution in [3.8, 4) is 0 Å². The van der Waals surface area contributed by atoms with E-state index in [1.54, 1.807) is 6.07 Å². The zero-order chi connectivity index (χ0) is 17.9. The molecule has 0 aliphatic carbocycles. The van der Waals surface area contributed by atoms with E-state index in [1.165, 1.54) is 12.1 Å². The Kier molecular flexibility index (Phi) is 5.69. The number of amides is 2. The van der Waals surface area contributed by atoms with Crippen molar-refractivity contribution in [1.82, 2.24) is 5.32 Å². The smallest absolute Gasteiger partial charge is 0.254 e. The van der Waals surface area contributed by atoms with E-state index in [0.717, 1.165) is 6.07 Å². The fraction of sp³-hybridized carbons (Fsp3) is 0.0667. The van der Waals surface area contributed by atoms with Crippen molar-refractivity contribution in [2.45, 2.75) is 0 Å². The van der Waals surface area contributed by atoms with E-state index < -0.39 is 41.5 Å². The molecule has 0 spiro atoms. The van der Waals surface area contributed by atoms with Gasteiger partial charge in [-0.25, -0.2) is 13.2 Å². The molecule has 0 unspecified atom stereocenters. The molecule has 0 aliphatic heterocycles. The summed E-state index contributed by atoms with van der Waals surface area (Å²) in [5, 5.41) is 4.43. The molecule has 9 heteroatoms. The summed E-state index contributed by atoms with van der Waals surface area (Å²) in [6.45, 7) is -0.557. The van der Waals surface area contributed by atoms with Crippen LogP contribution in [0.2, 0.25) is 10.0 Å². The fourth-order valence-corrected chi connectivity index (χ4v) is 2.35. The third-order valence-corrected chi connectivity index (χ3v) is 3.54. The first-order valence-electron chi connectivity index (χ1n) is 6.46. The number of hydrogen-bond donors (Lipinski definition) is 2. The van der Waals surface area contributed by atoms with Crippen molar-refractivity contribution in [2.24, 2.45) is 0 Å². The Morgan fingerprint density at radius 1 is 0.958 bits per heavy atom. The van der Waals surface area contributed by atoms with Crippen molar-refractivity contribution in [3.05, 3.63) is 63.4 Å². The van der Waals surface area contributed by atoms with Crippen LogP contribution in [0.3, 0.4) is 0 Å². The number of anilines is 1. The van der Waals surface area contributed by atoms with Crippen molar-refractivity contribution in [2.75, 3.05) is 11.9 Å². The summed E-state index contributed by atoms with van der Waals surface area (Å²) < 4.78 is 39.3. The molecule has 0 aliphatic rings. The van der Waals surface area contributed by atoms with Gasteiger partial charge in [0.05, 0.1) is 27.8 Å². The lowest BCUT2D eigenvalue weighted by Gasteiger charge is -2.10. The Balaban J connectivity index is 2.01. The van der Waals surface area contributed by atoms with Crippen LogP contribution < -0.4 is 10.6 Å². The highest BCUT2D eigenvalue weighted by atomic mass is 35.5. The van der Waals surface area contributed by atoms with E-state index in [0.29, 0.717) is 6.07 Å². The highest BCUT2D eigenvalue weighted by molar-refractivity contribution is 6.39. The Morgan fingerprint density at radius 3 is 2.21 bits per heavy atom. The van der Waals surface area contributed by atoms with Gasteiger partial charge in [0.15, 0.2) is 17.5 Å². The van der Waals surface area contributed by atoms with Gasteiger partial charge in [-0.15, -0.1) is 0 Å². The normalized spacial score (nSPS) is 10.4. The van der Waals surface area contributed by atoms with Gasteiger partial charge in [-0.2, -0.15) is 0 Å². The van der Waals surface area contributed by atoms with Gasteiger partial charge in [0, 0.05) is 0 Å². The van der Waals surface area contributed by atoms with E-state index in [9.17, 15) is 22.8 Å². The molecule has 0 fully saturated rings. The molecular formula is C15H9Cl2F3N2O2. The van der Waals surface area contributed by atoms with Crippen LogP contribution >= 0.6 is 23.2 Å². The Morgan fingerprint density at radius 2 is 1.58 bits per heavy atom. The van der Waals surface area contributed by atoms with Crippen molar-refractivity contribution in [3.63, 3.8) is 0 Å². The maximum Gasteiger partial charge on any atom is 0.254 e. The molecule has 24 heavy (non-hydrogen) atoms. The lowest BCUT2D eigenvalue weighted by Crippen LogP contribution is -2.33. The maximum absolute atomic E-state index is 13.4. The lowest BCUT2D eigenvalue weighted by molar-refractivity contribution is -0.115. The van der Waals surface area contributed by atoms with Gasteiger partial charge >= 0.3 is 0 Å². The molecule has 0 heterocycles. The molecule has 0 bridgehead atoms. The number of benzene rings is 2. The van der Waals surface area contributed by atoms with Crippen LogP contribution in [-0.4, -0.2) is 18.4 Å². The van der Waals surface area contributed by atoms with E-state index in [4.69, 9.17) is 23.2 Å². The van der Waals surface area contributed by atoms with E-state index in [-0.39, 0.29) is 15.6 Å². The molecule has 0 atom stereocenters. The molecule has 2 amide bonds. The second-order valence-corrected chi connectivity index (χ2v) is 5.36. The molecule has 0 saturated carbocycles. The third kappa shape index (κ3) is 3.98. The van der Waals surface area contributed by atoms with Crippen LogP contribution in [0.4, 0.5) is 18.9 Å². The minimum Gasteiger partial charge on any atom is -0.343 e. The average Bonchev–Trinajstić information content (AvgIpc) is 2.53. The molecular weight excluding hydrogens is 368 g/mol. The third-order valence-electron chi connectivity index (χ3n) is 2.91. The number of carbonyl (C=O) groups excluding carboxylic acids is 2. The SMILES string of the molecule is O=C(CNC(=O)c1c(Cl)cccc1Cl)Nc1ccc(F)c(F)c1F. The predicted molar refractivity (Wildman–Crippen MR) is 83.7 cm³/mol. The topological polar surface area (TPSA) is 58.2 Å². The maximum atomic E-state index is 13.4. The van der Waals surface area contributed by atoms with Gasteiger partial charge < -0.3 is 10.6 Å². The molecule has 2 aromatic carbocycles. The second-order valence-electron chi connectivity index (χ2n) is 4.55. The summed E-state index contributed by atoms with van der Waals surface area (Å²) in [6, 6.07) is 5.95. The summed E-state index contributed by atoms with van der Waals surface area (Å²) in [5.74, 6) is -6.20. The van der Waals surface area contributed by atoms with Crippen molar-refractivity contribution >= 4 is 40.7 Å². The monoisotopic (exact) mass is 376 g/mol. The summed E-state index contributed by atoms with van der Waals surface area (Å²) in [4.78, 5) is 23.7. The van der Waals surface area contributed by atoms with Crippen LogP contribution in [0, 0.1) is 17.5 Å². The Labute approximate surface area is 144 Å². The van der Waals surface area contributed by atoms with E-state index in [1.807, 2.05) is 5.32 Å². The van der Waals surface area contributed by atoms with E-state index >= 15 is 0 Å². The first kappa shape index (κ1) is 18.1. The Bertz CT molecular complexity index is 795. The first-order valence-corrected chi connectivity index (χ1v) is 7.22. The van der Waals surface area contributed by atoms with E-state index in [2.05, 4.69) is 5.32 Å². The van der Waals surface area contributed by atoms with Crippen LogP contribution in [0.15, 0.2) is 30.3 Å². The second kappa shape index (κ2) is 7.55. The minimum atomic E-state index is -1.71. The quantitative estimate of drug-likeness (QED) is 0.797. The number of halogens is 5. The lowest BCUT2D eigenvalue weighted by atomic mass is 10.2. The highest BCUT2D eigenvalue weighted by Crippen LogP contribution is 2.24. The first-order chi connectivity index (χ1) is 11.3. The molecule has 2 rings (SSSR count). The largest absolute Gasteiger partial charge is 0.343 e. The Hall–Kier alpha value is -2.25. The highest BCUT2D eigenvalue weighted by Gasteiger charge is 2.17. The zero-order valence-electron chi connectivity index (χ0n) is 11.8. The number of nitrogens with one attached hydrogen (secondary N) is 2.